The van der Waals surface area contributed by atoms with E-state index in [2.05, 4.69) is 0 Å². The number of rotatable bonds is 0. The Hall–Kier alpha value is -1.32. The van der Waals surface area contributed by atoms with E-state index in [-0.39, 0.29) is 5.69 Å². The highest BCUT2D eigenvalue weighted by molar-refractivity contribution is 5.43. The molecule has 0 aliphatic carbocycles. The summed E-state index contributed by atoms with van der Waals surface area (Å²) in [5, 5.41) is 0. The van der Waals surface area contributed by atoms with Gasteiger partial charge < -0.3 is 5.73 Å². The Bertz CT molecular complexity index is 305. The van der Waals surface area contributed by atoms with Crippen LogP contribution in [-0.2, 0) is 0 Å². The standard InChI is InChI=1S/C6H7FN2O/c1-3-4(8)2-5(7)9-6(3)10/h2H,1H3,(H3,8,9,10). The van der Waals surface area contributed by atoms with Crippen molar-refractivity contribution in [3.05, 3.63) is 27.9 Å². The van der Waals surface area contributed by atoms with Gasteiger partial charge in [-0.1, -0.05) is 0 Å². The molecule has 4 heteroatoms. The van der Waals surface area contributed by atoms with Crippen molar-refractivity contribution in [3.8, 4) is 0 Å². The summed E-state index contributed by atoms with van der Waals surface area (Å²) in [5.41, 5.74) is 5.32. The first-order chi connectivity index (χ1) is 4.61. The summed E-state index contributed by atoms with van der Waals surface area (Å²) in [7, 11) is 0. The van der Waals surface area contributed by atoms with Gasteiger partial charge in [0.05, 0.1) is 0 Å². The summed E-state index contributed by atoms with van der Waals surface area (Å²) in [6, 6.07) is 1.08. The predicted octanol–water partition coefficient (Wildman–Crippen LogP) is 0.405. The minimum atomic E-state index is -0.701. The molecule has 54 valence electrons. The number of anilines is 1. The first-order valence-electron chi connectivity index (χ1n) is 2.76. The van der Waals surface area contributed by atoms with E-state index in [4.69, 9.17) is 5.73 Å². The number of aromatic amines is 1. The van der Waals surface area contributed by atoms with E-state index in [0.717, 1.165) is 6.07 Å². The van der Waals surface area contributed by atoms with Gasteiger partial charge >= 0.3 is 0 Å². The molecule has 0 aromatic carbocycles. The molecular formula is C6H7FN2O. The van der Waals surface area contributed by atoms with E-state index in [9.17, 15) is 9.18 Å². The third-order valence-electron chi connectivity index (χ3n) is 1.29. The lowest BCUT2D eigenvalue weighted by molar-refractivity contribution is 0.579. The predicted molar refractivity (Wildman–Crippen MR) is 36.2 cm³/mol. The molecule has 1 heterocycles. The number of nitrogen functional groups attached to an aromatic ring is 1. The first kappa shape index (κ1) is 6.80. The molecule has 3 nitrogen and oxygen atoms in total. The van der Waals surface area contributed by atoms with Gasteiger partial charge in [-0.25, -0.2) is 0 Å². The molecule has 1 rings (SSSR count). The fraction of sp³-hybridized carbons (Fsp3) is 0.167. The molecular weight excluding hydrogens is 135 g/mol. The Morgan fingerprint density at radius 2 is 2.30 bits per heavy atom. The number of pyridine rings is 1. The molecule has 3 N–H and O–H groups in total. The first-order valence-corrected chi connectivity index (χ1v) is 2.76. The Morgan fingerprint density at radius 3 is 2.80 bits per heavy atom. The highest BCUT2D eigenvalue weighted by Gasteiger charge is 1.99. The van der Waals surface area contributed by atoms with Gasteiger partial charge in [0, 0.05) is 17.3 Å². The lowest BCUT2D eigenvalue weighted by atomic mass is 10.3. The molecule has 0 spiro atoms. The van der Waals surface area contributed by atoms with Crippen molar-refractivity contribution in [2.24, 2.45) is 0 Å². The van der Waals surface area contributed by atoms with Crippen LogP contribution in [0, 0.1) is 12.9 Å². The van der Waals surface area contributed by atoms with Crippen LogP contribution in [0.5, 0.6) is 0 Å². The molecule has 0 aliphatic rings. The second kappa shape index (κ2) is 2.13. The van der Waals surface area contributed by atoms with Crippen LogP contribution in [0.3, 0.4) is 0 Å². The van der Waals surface area contributed by atoms with Crippen molar-refractivity contribution in [2.75, 3.05) is 5.73 Å². The maximum absolute atomic E-state index is 12.3. The number of H-pyrrole nitrogens is 1. The van der Waals surface area contributed by atoms with E-state index in [1.807, 2.05) is 4.98 Å². The zero-order valence-electron chi connectivity index (χ0n) is 5.44. The van der Waals surface area contributed by atoms with Crippen LogP contribution >= 0.6 is 0 Å². The summed E-state index contributed by atoms with van der Waals surface area (Å²) in [5.74, 6) is -0.701. The Kier molecular flexibility index (Phi) is 1.45. The third kappa shape index (κ3) is 1.00. The lowest BCUT2D eigenvalue weighted by Crippen LogP contribution is -2.13. The van der Waals surface area contributed by atoms with Crippen molar-refractivity contribution in [1.29, 1.82) is 0 Å². The number of hydrogen-bond acceptors (Lipinski definition) is 2. The minimum Gasteiger partial charge on any atom is -0.398 e. The Labute approximate surface area is 56.7 Å². The molecule has 0 bridgehead atoms. The summed E-state index contributed by atoms with van der Waals surface area (Å²) in [6.45, 7) is 1.54. The van der Waals surface area contributed by atoms with Crippen molar-refractivity contribution in [2.45, 2.75) is 6.92 Å². The zero-order valence-corrected chi connectivity index (χ0v) is 5.44. The number of nitrogens with two attached hydrogens (primary N) is 1. The highest BCUT2D eigenvalue weighted by atomic mass is 19.1. The quantitative estimate of drug-likeness (QED) is 0.515. The molecule has 1 aromatic rings. The summed E-state index contributed by atoms with van der Waals surface area (Å²) < 4.78 is 12.3. The smallest absolute Gasteiger partial charge is 0.255 e. The molecule has 10 heavy (non-hydrogen) atoms. The number of hydrogen-bond donors (Lipinski definition) is 2. The van der Waals surface area contributed by atoms with Crippen molar-refractivity contribution in [1.82, 2.24) is 4.98 Å². The largest absolute Gasteiger partial charge is 0.398 e. The molecule has 0 radical (unpaired) electrons. The van der Waals surface area contributed by atoms with Crippen molar-refractivity contribution >= 4 is 5.69 Å². The van der Waals surface area contributed by atoms with Gasteiger partial charge in [-0.2, -0.15) is 4.39 Å². The molecule has 0 fully saturated rings. The molecule has 0 saturated carbocycles. The van der Waals surface area contributed by atoms with Crippen LogP contribution in [0.4, 0.5) is 10.1 Å². The van der Waals surface area contributed by atoms with Crippen LogP contribution in [0.2, 0.25) is 0 Å². The van der Waals surface area contributed by atoms with Gasteiger partial charge in [0.1, 0.15) is 0 Å². The van der Waals surface area contributed by atoms with E-state index in [1.54, 1.807) is 0 Å². The maximum Gasteiger partial charge on any atom is 0.255 e. The number of nitrogens with one attached hydrogen (secondary N) is 1. The molecule has 0 unspecified atom stereocenters. The van der Waals surface area contributed by atoms with Gasteiger partial charge in [0.15, 0.2) is 5.95 Å². The highest BCUT2D eigenvalue weighted by Crippen LogP contribution is 2.03. The number of aromatic nitrogens is 1. The summed E-state index contributed by atoms with van der Waals surface area (Å²) >= 11 is 0. The van der Waals surface area contributed by atoms with Crippen LogP contribution in [0.15, 0.2) is 10.9 Å². The Balaban J connectivity index is 3.46. The second-order valence-corrected chi connectivity index (χ2v) is 2.03. The van der Waals surface area contributed by atoms with Crippen molar-refractivity contribution < 1.29 is 4.39 Å². The molecule has 0 saturated heterocycles. The third-order valence-corrected chi connectivity index (χ3v) is 1.29. The van der Waals surface area contributed by atoms with Gasteiger partial charge in [-0.3, -0.25) is 9.78 Å². The molecule has 0 atom stereocenters. The van der Waals surface area contributed by atoms with Crippen LogP contribution in [-0.4, -0.2) is 4.98 Å². The van der Waals surface area contributed by atoms with Crippen LogP contribution in [0.1, 0.15) is 5.56 Å². The van der Waals surface area contributed by atoms with E-state index in [1.165, 1.54) is 6.92 Å². The fourth-order valence-electron chi connectivity index (χ4n) is 0.614. The molecule has 0 aliphatic heterocycles. The molecule has 1 aromatic heterocycles. The van der Waals surface area contributed by atoms with Gasteiger partial charge in [-0.05, 0) is 6.92 Å². The minimum absolute atomic E-state index is 0.182. The fourth-order valence-corrected chi connectivity index (χ4v) is 0.614. The van der Waals surface area contributed by atoms with E-state index in [0.29, 0.717) is 5.56 Å². The average Bonchev–Trinajstić information content (AvgIpc) is 1.82. The summed E-state index contributed by atoms with van der Waals surface area (Å²) in [4.78, 5) is 12.7. The van der Waals surface area contributed by atoms with Gasteiger partial charge in [0.25, 0.3) is 5.56 Å². The Morgan fingerprint density at radius 1 is 1.70 bits per heavy atom. The second-order valence-electron chi connectivity index (χ2n) is 2.03. The molecule has 0 amide bonds. The van der Waals surface area contributed by atoms with Gasteiger partial charge in [-0.15, -0.1) is 0 Å². The van der Waals surface area contributed by atoms with Gasteiger partial charge in [0.2, 0.25) is 0 Å². The zero-order chi connectivity index (χ0) is 7.72. The topological polar surface area (TPSA) is 58.9 Å². The van der Waals surface area contributed by atoms with E-state index < -0.39 is 11.5 Å². The average molecular weight is 142 g/mol. The number of halogens is 1. The summed E-state index contributed by atoms with van der Waals surface area (Å²) in [6.07, 6.45) is 0. The lowest BCUT2D eigenvalue weighted by Gasteiger charge is -1.95. The van der Waals surface area contributed by atoms with Crippen molar-refractivity contribution in [3.63, 3.8) is 0 Å². The van der Waals surface area contributed by atoms with E-state index >= 15 is 0 Å². The monoisotopic (exact) mass is 142 g/mol. The van der Waals surface area contributed by atoms with Crippen LogP contribution in [0.25, 0.3) is 0 Å². The maximum atomic E-state index is 12.3. The SMILES string of the molecule is Cc1c(N)cc(F)[nH]c1=O. The normalized spacial score (nSPS) is 9.80. The van der Waals surface area contributed by atoms with Crippen LogP contribution < -0.4 is 11.3 Å².